The third kappa shape index (κ3) is 5.06. The first-order valence-electron chi connectivity index (χ1n) is 9.46. The molecule has 162 valence electrons. The van der Waals surface area contributed by atoms with Gasteiger partial charge in [-0.15, -0.1) is 0 Å². The molecule has 30 heavy (non-hydrogen) atoms. The summed E-state index contributed by atoms with van der Waals surface area (Å²) in [4.78, 5) is 13.1. The summed E-state index contributed by atoms with van der Waals surface area (Å²) in [5.41, 5.74) is 7.68. The maximum atomic E-state index is 11.4. The number of thiol groups is 1. The molecule has 2 aliphatic rings. The monoisotopic (exact) mass is 453 g/mol. The topological polar surface area (TPSA) is 122 Å². The molecule has 0 saturated carbocycles. The number of nitrogens with zero attached hydrogens (tertiary/aromatic N) is 3. The molecular weight excluding hydrogens is 430 g/mol. The summed E-state index contributed by atoms with van der Waals surface area (Å²) in [6, 6.07) is 3.04. The standard InChI is InChI=1S/C19H24ClN5O4S/c1-23(30(28)29)15-4-2-13(3-5-15)12-24-10-8-14(9-11-24)22-18-16(20)6-7-17(21)19(18)25(26)27/h2,4-7,12,14,22,30H,3,8-11,21H2,1H3. The number of nitrogens with two attached hydrogens (primary N) is 1. The van der Waals surface area contributed by atoms with E-state index in [9.17, 15) is 18.5 Å². The van der Waals surface area contributed by atoms with E-state index in [0.29, 0.717) is 12.1 Å². The molecule has 1 aliphatic carbocycles. The van der Waals surface area contributed by atoms with Crippen LogP contribution < -0.4 is 11.1 Å². The Morgan fingerprint density at radius 2 is 2.03 bits per heavy atom. The third-order valence-corrected chi connectivity index (χ3v) is 6.24. The van der Waals surface area contributed by atoms with Crippen LogP contribution >= 0.6 is 11.6 Å². The number of anilines is 2. The highest BCUT2D eigenvalue weighted by Gasteiger charge is 2.25. The molecular formula is C19H24ClN5O4S. The highest BCUT2D eigenvalue weighted by atomic mass is 35.5. The first-order chi connectivity index (χ1) is 14.3. The predicted octanol–water partition coefficient (Wildman–Crippen LogP) is 2.89. The zero-order chi connectivity index (χ0) is 21.8. The molecule has 0 aromatic heterocycles. The lowest BCUT2D eigenvalue weighted by Crippen LogP contribution is -2.36. The van der Waals surface area contributed by atoms with Crippen molar-refractivity contribution in [2.45, 2.75) is 25.3 Å². The smallest absolute Gasteiger partial charge is 0.316 e. The van der Waals surface area contributed by atoms with Crippen LogP contribution in [0.4, 0.5) is 17.1 Å². The van der Waals surface area contributed by atoms with E-state index in [0.717, 1.165) is 31.5 Å². The molecule has 1 aromatic rings. The van der Waals surface area contributed by atoms with Crippen molar-refractivity contribution in [2.24, 2.45) is 0 Å². The van der Waals surface area contributed by atoms with Crippen molar-refractivity contribution >= 4 is 39.6 Å². The molecule has 1 aromatic carbocycles. The molecule has 3 N–H and O–H groups in total. The maximum Gasteiger partial charge on any atom is 0.316 e. The number of hydrogen-bond acceptors (Lipinski definition) is 7. The van der Waals surface area contributed by atoms with E-state index in [1.165, 1.54) is 17.4 Å². The Hall–Kier alpha value is -2.72. The van der Waals surface area contributed by atoms with Crippen LogP contribution in [0, 0.1) is 10.1 Å². The van der Waals surface area contributed by atoms with Gasteiger partial charge < -0.3 is 16.0 Å². The number of allylic oxidation sites excluding steroid dienone is 4. The van der Waals surface area contributed by atoms with Gasteiger partial charge in [-0.2, -0.15) is 0 Å². The van der Waals surface area contributed by atoms with Crippen LogP contribution in [0.1, 0.15) is 19.3 Å². The van der Waals surface area contributed by atoms with Crippen molar-refractivity contribution < 1.29 is 13.3 Å². The number of benzene rings is 1. The predicted molar refractivity (Wildman–Crippen MR) is 119 cm³/mol. The van der Waals surface area contributed by atoms with Gasteiger partial charge in [-0.25, -0.2) is 8.42 Å². The van der Waals surface area contributed by atoms with E-state index in [-0.39, 0.29) is 28.1 Å². The molecule has 3 rings (SSSR count). The van der Waals surface area contributed by atoms with Crippen molar-refractivity contribution in [1.82, 2.24) is 9.21 Å². The summed E-state index contributed by atoms with van der Waals surface area (Å²) in [5, 5.41) is 14.9. The van der Waals surface area contributed by atoms with Crippen molar-refractivity contribution in [1.29, 1.82) is 0 Å². The van der Waals surface area contributed by atoms with Gasteiger partial charge in [-0.3, -0.25) is 14.4 Å². The molecule has 0 spiro atoms. The van der Waals surface area contributed by atoms with Crippen LogP contribution in [0.2, 0.25) is 5.02 Å². The van der Waals surface area contributed by atoms with Crippen LogP contribution in [-0.4, -0.2) is 48.7 Å². The van der Waals surface area contributed by atoms with E-state index >= 15 is 0 Å². The van der Waals surface area contributed by atoms with Gasteiger partial charge in [0.05, 0.1) is 9.95 Å². The van der Waals surface area contributed by atoms with Crippen molar-refractivity contribution in [3.63, 3.8) is 0 Å². The number of likely N-dealkylation sites (N-methyl/N-ethyl adjacent to an activating group) is 1. The lowest BCUT2D eigenvalue weighted by Gasteiger charge is -2.33. The summed E-state index contributed by atoms with van der Waals surface area (Å²) in [5.74, 6) is 0. The molecule has 9 nitrogen and oxygen atoms in total. The highest BCUT2D eigenvalue weighted by Crippen LogP contribution is 2.38. The van der Waals surface area contributed by atoms with E-state index < -0.39 is 15.8 Å². The number of nitrogens with one attached hydrogen (secondary N) is 1. The molecule has 0 bridgehead atoms. The second-order valence-electron chi connectivity index (χ2n) is 7.20. The summed E-state index contributed by atoms with van der Waals surface area (Å²) < 4.78 is 23.3. The van der Waals surface area contributed by atoms with Gasteiger partial charge in [0.15, 0.2) is 0 Å². The Bertz CT molecular complexity index is 989. The van der Waals surface area contributed by atoms with Crippen molar-refractivity contribution in [2.75, 3.05) is 31.2 Å². The Morgan fingerprint density at radius 3 is 2.60 bits per heavy atom. The van der Waals surface area contributed by atoms with Crippen molar-refractivity contribution in [3.8, 4) is 0 Å². The molecule has 0 unspecified atom stereocenters. The van der Waals surface area contributed by atoms with E-state index in [4.69, 9.17) is 17.3 Å². The SMILES string of the molecule is CN(C1=CCC(=CN2CCC(Nc3c(Cl)ccc(N)c3[N+](=O)[O-])CC2)C=C1)[SH](=O)=O. The number of nitrogen functional groups attached to an aromatic ring is 1. The summed E-state index contributed by atoms with van der Waals surface area (Å²) in [6.07, 6.45) is 9.90. The Kier molecular flexibility index (Phi) is 6.88. The van der Waals surface area contributed by atoms with Gasteiger partial charge in [0.1, 0.15) is 11.4 Å². The molecule has 11 heteroatoms. The van der Waals surface area contributed by atoms with Gasteiger partial charge in [-0.05, 0) is 43.0 Å². The highest BCUT2D eigenvalue weighted by molar-refractivity contribution is 7.70. The first-order valence-corrected chi connectivity index (χ1v) is 11.0. The van der Waals surface area contributed by atoms with Crippen LogP contribution in [0.3, 0.4) is 0 Å². The van der Waals surface area contributed by atoms with Crippen molar-refractivity contribution in [3.05, 3.63) is 63.0 Å². The van der Waals surface area contributed by atoms with Gasteiger partial charge >= 0.3 is 5.69 Å². The second kappa shape index (κ2) is 9.40. The lowest BCUT2D eigenvalue weighted by molar-refractivity contribution is -0.383. The quantitative estimate of drug-likeness (QED) is 0.262. The Balaban J connectivity index is 1.59. The minimum absolute atomic E-state index is 0.0491. The summed E-state index contributed by atoms with van der Waals surface area (Å²) in [6.45, 7) is 1.57. The lowest BCUT2D eigenvalue weighted by atomic mass is 10.0. The minimum Gasteiger partial charge on any atom is -0.393 e. The first kappa shape index (κ1) is 22.0. The van der Waals surface area contributed by atoms with Crippen LogP contribution in [0.5, 0.6) is 0 Å². The minimum atomic E-state index is -2.64. The van der Waals surface area contributed by atoms with Gasteiger partial charge in [0.2, 0.25) is 10.9 Å². The number of likely N-dealkylation sites (tertiary alicyclic amines) is 1. The molecule has 1 saturated heterocycles. The molecule has 1 aliphatic heterocycles. The molecule has 0 radical (unpaired) electrons. The number of nitro groups is 1. The molecule has 1 fully saturated rings. The fourth-order valence-corrected chi connectivity index (χ4v) is 4.05. The summed E-state index contributed by atoms with van der Waals surface area (Å²) in [7, 11) is -1.12. The Labute approximate surface area is 181 Å². The van der Waals surface area contributed by atoms with E-state index in [1.54, 1.807) is 12.1 Å². The van der Waals surface area contributed by atoms with Crippen LogP contribution in [0.15, 0.2) is 47.8 Å². The third-order valence-electron chi connectivity index (χ3n) is 5.20. The summed E-state index contributed by atoms with van der Waals surface area (Å²) >= 11 is 6.18. The largest absolute Gasteiger partial charge is 0.393 e. The van der Waals surface area contributed by atoms with Gasteiger partial charge in [-0.1, -0.05) is 23.8 Å². The maximum absolute atomic E-state index is 11.4. The van der Waals surface area contributed by atoms with Gasteiger partial charge in [0, 0.05) is 38.1 Å². The molecule has 1 heterocycles. The average molecular weight is 454 g/mol. The van der Waals surface area contributed by atoms with Crippen LogP contribution in [-0.2, 0) is 10.9 Å². The number of halogens is 1. The fourth-order valence-electron chi connectivity index (χ4n) is 3.51. The van der Waals surface area contributed by atoms with Gasteiger partial charge in [0.25, 0.3) is 0 Å². The Morgan fingerprint density at radius 1 is 1.33 bits per heavy atom. The average Bonchev–Trinajstić information content (AvgIpc) is 2.72. The van der Waals surface area contributed by atoms with Crippen LogP contribution in [0.25, 0.3) is 0 Å². The second-order valence-corrected chi connectivity index (χ2v) is 8.69. The number of hydrogen-bond donors (Lipinski definition) is 3. The van der Waals surface area contributed by atoms with E-state index in [2.05, 4.69) is 16.4 Å². The fraction of sp³-hybridized carbons (Fsp3) is 0.368. The number of nitro benzene ring substituents is 1. The normalized spacial score (nSPS) is 18.6. The van der Waals surface area contributed by atoms with E-state index in [1.807, 2.05) is 12.2 Å². The molecule has 0 atom stereocenters. The molecule has 0 amide bonds. The number of piperidine rings is 1. The zero-order valence-electron chi connectivity index (χ0n) is 16.5. The number of rotatable bonds is 6. The zero-order valence-corrected chi connectivity index (χ0v) is 18.1.